The van der Waals surface area contributed by atoms with E-state index in [1.165, 1.54) is 13.2 Å². The Morgan fingerprint density at radius 1 is 0.974 bits per heavy atom. The maximum Gasteiger partial charge on any atom is 0.408 e. The SMILES string of the molecule is CCOc1cc(/C(=C\C#N)c2ccc(OC)c(OC(=O)C(NC(=O)OC(C)(C)C)C(C)C)c2)ccc1OC. The number of hydrogen-bond donors (Lipinski definition) is 1. The van der Waals surface area contributed by atoms with E-state index in [1.54, 1.807) is 78.1 Å². The van der Waals surface area contributed by atoms with Crippen molar-refractivity contribution < 1.29 is 33.3 Å². The second-order valence-corrected chi connectivity index (χ2v) is 9.64. The fraction of sp³-hybridized carbons (Fsp3) is 0.414. The Bertz CT molecular complexity index is 1210. The highest BCUT2D eigenvalue weighted by molar-refractivity contribution is 5.86. The molecular formula is C29H36N2O7. The minimum atomic E-state index is -0.970. The summed E-state index contributed by atoms with van der Waals surface area (Å²) in [6.45, 7) is 11.1. The molecule has 1 unspecified atom stereocenters. The van der Waals surface area contributed by atoms with Gasteiger partial charge < -0.3 is 29.0 Å². The van der Waals surface area contributed by atoms with Crippen molar-refractivity contribution in [2.75, 3.05) is 20.8 Å². The van der Waals surface area contributed by atoms with E-state index in [1.807, 2.05) is 6.92 Å². The average Bonchev–Trinajstić information content (AvgIpc) is 2.84. The molecule has 204 valence electrons. The molecule has 9 heteroatoms. The van der Waals surface area contributed by atoms with Crippen molar-refractivity contribution in [1.82, 2.24) is 5.32 Å². The summed E-state index contributed by atoms with van der Waals surface area (Å²) < 4.78 is 27.5. The lowest BCUT2D eigenvalue weighted by Gasteiger charge is -2.25. The van der Waals surface area contributed by atoms with Gasteiger partial charge in [0.05, 0.1) is 26.9 Å². The third kappa shape index (κ3) is 8.17. The van der Waals surface area contributed by atoms with Gasteiger partial charge in [-0.2, -0.15) is 5.26 Å². The maximum atomic E-state index is 13.1. The topological polar surface area (TPSA) is 116 Å². The Labute approximate surface area is 224 Å². The Morgan fingerprint density at radius 2 is 1.53 bits per heavy atom. The zero-order valence-electron chi connectivity index (χ0n) is 23.2. The first-order chi connectivity index (χ1) is 17.9. The highest BCUT2D eigenvalue weighted by Gasteiger charge is 2.29. The number of nitrogens with one attached hydrogen (secondary N) is 1. The molecule has 38 heavy (non-hydrogen) atoms. The van der Waals surface area contributed by atoms with Gasteiger partial charge in [-0.15, -0.1) is 0 Å². The van der Waals surface area contributed by atoms with Crippen LogP contribution in [0, 0.1) is 17.2 Å². The summed E-state index contributed by atoms with van der Waals surface area (Å²) in [5.41, 5.74) is 1.15. The van der Waals surface area contributed by atoms with Crippen LogP contribution >= 0.6 is 0 Å². The second kappa shape index (κ2) is 13.4. The normalized spacial score (nSPS) is 12.3. The van der Waals surface area contributed by atoms with E-state index in [4.69, 9.17) is 23.7 Å². The first-order valence-electron chi connectivity index (χ1n) is 12.2. The molecule has 0 heterocycles. The van der Waals surface area contributed by atoms with Crippen molar-refractivity contribution in [3.8, 4) is 29.1 Å². The van der Waals surface area contributed by atoms with E-state index in [-0.39, 0.29) is 11.7 Å². The molecule has 2 aromatic rings. The van der Waals surface area contributed by atoms with Crippen LogP contribution in [0.15, 0.2) is 42.5 Å². The number of allylic oxidation sites excluding steroid dienone is 1. The smallest absolute Gasteiger partial charge is 0.408 e. The van der Waals surface area contributed by atoms with Crippen molar-refractivity contribution in [2.45, 2.75) is 53.2 Å². The second-order valence-electron chi connectivity index (χ2n) is 9.64. The van der Waals surface area contributed by atoms with Gasteiger partial charge in [-0.25, -0.2) is 9.59 Å². The molecule has 0 fully saturated rings. The molecule has 0 aliphatic carbocycles. The van der Waals surface area contributed by atoms with Crippen LogP contribution in [0.2, 0.25) is 0 Å². The Morgan fingerprint density at radius 3 is 2.00 bits per heavy atom. The Kier molecular flexibility index (Phi) is 10.6. The lowest BCUT2D eigenvalue weighted by Crippen LogP contribution is -2.48. The highest BCUT2D eigenvalue weighted by atomic mass is 16.6. The first-order valence-corrected chi connectivity index (χ1v) is 12.2. The Hall–Kier alpha value is -4.19. The molecule has 2 aromatic carbocycles. The fourth-order valence-electron chi connectivity index (χ4n) is 3.54. The molecule has 0 spiro atoms. The molecule has 0 aliphatic rings. The molecular weight excluding hydrogens is 488 g/mol. The molecule has 0 bridgehead atoms. The number of amides is 1. The zero-order chi connectivity index (χ0) is 28.5. The molecule has 0 radical (unpaired) electrons. The predicted molar refractivity (Wildman–Crippen MR) is 143 cm³/mol. The molecule has 2 rings (SSSR count). The lowest BCUT2D eigenvalue weighted by atomic mass is 9.96. The first kappa shape index (κ1) is 30.0. The minimum Gasteiger partial charge on any atom is -0.493 e. The summed E-state index contributed by atoms with van der Waals surface area (Å²) in [5.74, 6) is 0.569. The van der Waals surface area contributed by atoms with E-state index in [0.717, 1.165) is 0 Å². The third-order valence-corrected chi connectivity index (χ3v) is 5.26. The van der Waals surface area contributed by atoms with Crippen molar-refractivity contribution in [1.29, 1.82) is 5.26 Å². The van der Waals surface area contributed by atoms with Crippen LogP contribution in [-0.4, -0.2) is 44.5 Å². The van der Waals surface area contributed by atoms with Crippen molar-refractivity contribution in [3.63, 3.8) is 0 Å². The van der Waals surface area contributed by atoms with Crippen molar-refractivity contribution in [2.24, 2.45) is 5.92 Å². The van der Waals surface area contributed by atoms with Gasteiger partial charge in [0.15, 0.2) is 23.0 Å². The summed E-state index contributed by atoms with van der Waals surface area (Å²) in [5, 5.41) is 12.1. The highest BCUT2D eigenvalue weighted by Crippen LogP contribution is 2.36. The standard InChI is InChI=1S/C29H36N2O7/c1-9-36-24-16-19(10-12-22(24)34-7)21(14-15-30)20-11-13-23(35-8)25(17-20)37-27(32)26(18(2)3)31-28(33)38-29(4,5)6/h10-14,16-18,26H,9H2,1-8H3,(H,31,33)/b21-14+. The molecule has 0 aliphatic heterocycles. The number of hydrogen-bond acceptors (Lipinski definition) is 8. The number of carbonyl (C=O) groups excluding carboxylic acids is 2. The van der Waals surface area contributed by atoms with E-state index >= 15 is 0 Å². The van der Waals surface area contributed by atoms with Crippen molar-refractivity contribution >= 4 is 17.6 Å². The fourth-order valence-corrected chi connectivity index (χ4v) is 3.54. The van der Waals surface area contributed by atoms with Gasteiger partial charge in [0.1, 0.15) is 11.6 Å². The van der Waals surface area contributed by atoms with Crippen LogP contribution in [0.3, 0.4) is 0 Å². The van der Waals surface area contributed by atoms with E-state index in [2.05, 4.69) is 11.4 Å². The number of ether oxygens (including phenoxy) is 5. The summed E-state index contributed by atoms with van der Waals surface area (Å²) in [6.07, 6.45) is 0.670. The molecule has 0 saturated carbocycles. The van der Waals surface area contributed by atoms with Gasteiger partial charge in [0.25, 0.3) is 0 Å². The zero-order valence-corrected chi connectivity index (χ0v) is 23.2. The number of nitriles is 1. The van der Waals surface area contributed by atoms with E-state index in [9.17, 15) is 14.9 Å². The monoisotopic (exact) mass is 524 g/mol. The number of nitrogens with zero attached hydrogens (tertiary/aromatic N) is 1. The van der Waals surface area contributed by atoms with E-state index < -0.39 is 23.7 Å². The largest absolute Gasteiger partial charge is 0.493 e. The van der Waals surface area contributed by atoms with Gasteiger partial charge in [0.2, 0.25) is 0 Å². The molecule has 0 aromatic heterocycles. The van der Waals surface area contributed by atoms with Crippen LogP contribution in [-0.2, 0) is 9.53 Å². The third-order valence-electron chi connectivity index (χ3n) is 5.26. The van der Waals surface area contributed by atoms with Crippen LogP contribution in [0.1, 0.15) is 52.7 Å². The Balaban J connectivity index is 2.44. The molecule has 9 nitrogen and oxygen atoms in total. The number of carbonyl (C=O) groups is 2. The summed E-state index contributed by atoms with van der Waals surface area (Å²) in [7, 11) is 3.00. The van der Waals surface area contributed by atoms with E-state index in [0.29, 0.717) is 40.6 Å². The minimum absolute atomic E-state index is 0.133. The van der Waals surface area contributed by atoms with Gasteiger partial charge in [0, 0.05) is 6.08 Å². The lowest BCUT2D eigenvalue weighted by molar-refractivity contribution is -0.138. The van der Waals surface area contributed by atoms with Gasteiger partial charge in [-0.05, 0) is 74.6 Å². The number of methoxy groups -OCH3 is 2. The van der Waals surface area contributed by atoms with Crippen LogP contribution in [0.25, 0.3) is 5.57 Å². The molecule has 1 N–H and O–H groups in total. The van der Waals surface area contributed by atoms with Gasteiger partial charge >= 0.3 is 12.1 Å². The van der Waals surface area contributed by atoms with Crippen molar-refractivity contribution in [3.05, 3.63) is 53.6 Å². The van der Waals surface area contributed by atoms with Crippen LogP contribution in [0.5, 0.6) is 23.0 Å². The number of rotatable bonds is 10. The summed E-state index contributed by atoms with van der Waals surface area (Å²) in [4.78, 5) is 25.5. The number of benzene rings is 2. The number of esters is 1. The number of alkyl carbamates (subject to hydrolysis) is 1. The maximum absolute atomic E-state index is 13.1. The van der Waals surface area contributed by atoms with Gasteiger partial charge in [-0.3, -0.25) is 0 Å². The van der Waals surface area contributed by atoms with Crippen LogP contribution < -0.4 is 24.3 Å². The van der Waals surface area contributed by atoms with Crippen LogP contribution in [0.4, 0.5) is 4.79 Å². The predicted octanol–water partition coefficient (Wildman–Crippen LogP) is 5.51. The molecule has 1 atom stereocenters. The average molecular weight is 525 g/mol. The summed E-state index contributed by atoms with van der Waals surface area (Å²) in [6, 6.07) is 11.4. The quantitative estimate of drug-likeness (QED) is 0.246. The summed E-state index contributed by atoms with van der Waals surface area (Å²) >= 11 is 0. The molecule has 0 saturated heterocycles. The molecule has 1 amide bonds. The van der Waals surface area contributed by atoms with Gasteiger partial charge in [-0.1, -0.05) is 26.0 Å².